The summed E-state index contributed by atoms with van der Waals surface area (Å²) in [5, 5.41) is 10.8. The molecule has 0 radical (unpaired) electrons. The van der Waals surface area contributed by atoms with Crippen molar-refractivity contribution in [1.82, 2.24) is 10.6 Å². The van der Waals surface area contributed by atoms with Crippen LogP contribution in [0.15, 0.2) is 10.2 Å². The van der Waals surface area contributed by atoms with Gasteiger partial charge in [-0.1, -0.05) is 10.2 Å². The van der Waals surface area contributed by atoms with E-state index in [0.717, 1.165) is 0 Å². The SMILES string of the molecule is O=C(/N=N/C(=O)NCCCl)NCCCl. The van der Waals surface area contributed by atoms with E-state index in [-0.39, 0.29) is 24.8 Å². The maximum absolute atomic E-state index is 10.7. The molecule has 0 atom stereocenters. The van der Waals surface area contributed by atoms with Gasteiger partial charge >= 0.3 is 12.1 Å². The summed E-state index contributed by atoms with van der Waals surface area (Å²) in [7, 11) is 0. The quantitative estimate of drug-likeness (QED) is 0.575. The molecule has 0 aromatic carbocycles. The number of amides is 4. The Bertz CT molecular complexity index is 200. The normalized spacial score (nSPS) is 10.1. The molecule has 80 valence electrons. The van der Waals surface area contributed by atoms with Gasteiger partial charge in [0.05, 0.1) is 0 Å². The molecule has 0 fully saturated rings. The van der Waals surface area contributed by atoms with Gasteiger partial charge in [-0.15, -0.1) is 23.2 Å². The number of halogens is 2. The summed E-state index contributed by atoms with van der Waals surface area (Å²) in [5.41, 5.74) is 0. The van der Waals surface area contributed by atoms with Crippen molar-refractivity contribution < 1.29 is 9.59 Å². The number of hydrogen-bond donors (Lipinski definition) is 2. The number of nitrogens with zero attached hydrogens (tertiary/aromatic N) is 2. The van der Waals surface area contributed by atoms with Gasteiger partial charge in [0.25, 0.3) is 0 Å². The molecule has 14 heavy (non-hydrogen) atoms. The third-order valence-corrected chi connectivity index (χ3v) is 1.35. The number of alkyl halides is 2. The molecular formula is C6H10Cl2N4O2. The van der Waals surface area contributed by atoms with Crippen molar-refractivity contribution in [1.29, 1.82) is 0 Å². The Labute approximate surface area is 91.0 Å². The van der Waals surface area contributed by atoms with Crippen LogP contribution in [0, 0.1) is 0 Å². The molecule has 0 bridgehead atoms. The Morgan fingerprint density at radius 3 is 1.57 bits per heavy atom. The van der Waals surface area contributed by atoms with E-state index in [1.54, 1.807) is 0 Å². The number of rotatable bonds is 4. The largest absolute Gasteiger partial charge is 0.359 e. The molecule has 0 aromatic rings. The maximum Gasteiger partial charge on any atom is 0.359 e. The van der Waals surface area contributed by atoms with Crippen LogP contribution in [0.25, 0.3) is 0 Å². The fraction of sp³-hybridized carbons (Fsp3) is 0.667. The van der Waals surface area contributed by atoms with Crippen LogP contribution in [0.2, 0.25) is 0 Å². The minimum Gasteiger partial charge on any atom is -0.334 e. The average molecular weight is 241 g/mol. The number of carbonyl (C=O) groups excluding carboxylic acids is 2. The standard InChI is InChI=1S/C6H10Cl2N4O2/c7-1-3-9-5(13)11-12-6(14)10-4-2-8/h1-4H2,(H,9,13)(H,10,14)/b12-11+. The van der Waals surface area contributed by atoms with Crippen molar-refractivity contribution in [3.63, 3.8) is 0 Å². The Morgan fingerprint density at radius 2 is 1.29 bits per heavy atom. The Kier molecular flexibility index (Phi) is 8.16. The highest BCUT2D eigenvalue weighted by atomic mass is 35.5. The zero-order valence-corrected chi connectivity index (χ0v) is 8.81. The van der Waals surface area contributed by atoms with Gasteiger partial charge in [-0.25, -0.2) is 9.59 Å². The average Bonchev–Trinajstić information content (AvgIpc) is 2.20. The molecule has 4 amide bonds. The van der Waals surface area contributed by atoms with Crippen molar-refractivity contribution in [2.24, 2.45) is 10.2 Å². The van der Waals surface area contributed by atoms with Gasteiger partial charge in [0.1, 0.15) is 0 Å². The monoisotopic (exact) mass is 240 g/mol. The molecule has 0 aliphatic carbocycles. The molecule has 2 N–H and O–H groups in total. The Balaban J connectivity index is 3.68. The van der Waals surface area contributed by atoms with Crippen LogP contribution in [-0.4, -0.2) is 36.9 Å². The summed E-state index contributed by atoms with van der Waals surface area (Å²) >= 11 is 10.6. The predicted octanol–water partition coefficient (Wildman–Crippen LogP) is 1.34. The van der Waals surface area contributed by atoms with Crippen molar-refractivity contribution in [3.8, 4) is 0 Å². The van der Waals surface area contributed by atoms with Gasteiger partial charge in [-0.3, -0.25) is 0 Å². The molecule has 0 heterocycles. The van der Waals surface area contributed by atoms with Gasteiger partial charge in [0, 0.05) is 24.8 Å². The second-order valence-corrected chi connectivity index (χ2v) is 2.80. The summed E-state index contributed by atoms with van der Waals surface area (Å²) in [4.78, 5) is 21.5. The first kappa shape index (κ1) is 13.1. The van der Waals surface area contributed by atoms with Crippen molar-refractivity contribution in [3.05, 3.63) is 0 Å². The molecule has 0 saturated heterocycles. The third kappa shape index (κ3) is 7.75. The summed E-state index contributed by atoms with van der Waals surface area (Å²) in [5.74, 6) is 0.555. The van der Waals surface area contributed by atoms with E-state index < -0.39 is 12.1 Å². The van der Waals surface area contributed by atoms with Crippen LogP contribution < -0.4 is 10.6 Å². The zero-order chi connectivity index (χ0) is 10.8. The van der Waals surface area contributed by atoms with Crippen LogP contribution in [-0.2, 0) is 0 Å². The van der Waals surface area contributed by atoms with Crippen LogP contribution in [0.5, 0.6) is 0 Å². The summed E-state index contributed by atoms with van der Waals surface area (Å²) in [6, 6.07) is -1.40. The van der Waals surface area contributed by atoms with Gasteiger partial charge in [0.15, 0.2) is 0 Å². The molecule has 0 aromatic heterocycles. The van der Waals surface area contributed by atoms with Crippen molar-refractivity contribution in [2.75, 3.05) is 24.8 Å². The zero-order valence-electron chi connectivity index (χ0n) is 7.30. The van der Waals surface area contributed by atoms with E-state index in [1.807, 2.05) is 0 Å². The third-order valence-electron chi connectivity index (χ3n) is 0.973. The number of nitrogens with one attached hydrogen (secondary N) is 2. The lowest BCUT2D eigenvalue weighted by Crippen LogP contribution is -2.24. The highest BCUT2D eigenvalue weighted by Crippen LogP contribution is 1.82. The fourth-order valence-corrected chi connectivity index (χ4v) is 0.659. The Hall–Kier alpha value is -0.880. The highest BCUT2D eigenvalue weighted by molar-refractivity contribution is 6.18. The van der Waals surface area contributed by atoms with Crippen LogP contribution in [0.3, 0.4) is 0 Å². The molecule has 0 aliphatic rings. The van der Waals surface area contributed by atoms with Crippen LogP contribution in [0.4, 0.5) is 9.59 Å². The lowest BCUT2D eigenvalue weighted by Gasteiger charge is -1.96. The second-order valence-electron chi connectivity index (χ2n) is 2.04. The summed E-state index contributed by atoms with van der Waals surface area (Å²) in [6.07, 6.45) is 0. The molecule has 8 heteroatoms. The van der Waals surface area contributed by atoms with E-state index in [4.69, 9.17) is 23.2 Å². The van der Waals surface area contributed by atoms with E-state index in [1.165, 1.54) is 0 Å². The van der Waals surface area contributed by atoms with Crippen LogP contribution >= 0.6 is 23.2 Å². The van der Waals surface area contributed by atoms with Crippen LogP contribution in [0.1, 0.15) is 0 Å². The number of hydrogen-bond acceptors (Lipinski definition) is 2. The lowest BCUT2D eigenvalue weighted by molar-refractivity contribution is 0.241. The van der Waals surface area contributed by atoms with Gasteiger partial charge in [-0.2, -0.15) is 0 Å². The molecule has 0 unspecified atom stereocenters. The van der Waals surface area contributed by atoms with Gasteiger partial charge in [-0.05, 0) is 0 Å². The van der Waals surface area contributed by atoms with Crippen molar-refractivity contribution in [2.45, 2.75) is 0 Å². The number of carbonyl (C=O) groups is 2. The summed E-state index contributed by atoms with van der Waals surface area (Å²) in [6.45, 7) is 0.561. The van der Waals surface area contributed by atoms with E-state index in [0.29, 0.717) is 0 Å². The molecule has 0 saturated carbocycles. The first-order valence-corrected chi connectivity index (χ1v) is 4.87. The molecular weight excluding hydrogens is 231 g/mol. The van der Waals surface area contributed by atoms with Crippen molar-refractivity contribution >= 4 is 35.3 Å². The molecule has 0 rings (SSSR count). The predicted molar refractivity (Wildman–Crippen MR) is 53.1 cm³/mol. The first-order valence-electron chi connectivity index (χ1n) is 3.80. The van der Waals surface area contributed by atoms with Gasteiger partial charge in [0.2, 0.25) is 0 Å². The molecule has 0 aliphatic heterocycles. The minimum atomic E-state index is -0.702. The molecule has 6 nitrogen and oxygen atoms in total. The summed E-state index contributed by atoms with van der Waals surface area (Å²) < 4.78 is 0. The second kappa shape index (κ2) is 8.71. The smallest absolute Gasteiger partial charge is 0.334 e. The maximum atomic E-state index is 10.7. The highest BCUT2D eigenvalue weighted by Gasteiger charge is 1.99. The topological polar surface area (TPSA) is 82.9 Å². The number of urea groups is 2. The van der Waals surface area contributed by atoms with E-state index in [2.05, 4.69) is 20.9 Å². The number of azo groups is 1. The lowest BCUT2D eigenvalue weighted by atomic mass is 10.7. The first-order chi connectivity index (χ1) is 6.70. The Morgan fingerprint density at radius 1 is 0.929 bits per heavy atom. The van der Waals surface area contributed by atoms with E-state index >= 15 is 0 Å². The fourth-order valence-electron chi connectivity index (χ4n) is 0.470. The minimum absolute atomic E-state index is 0.277. The molecule has 0 spiro atoms. The van der Waals surface area contributed by atoms with E-state index in [9.17, 15) is 9.59 Å². The van der Waals surface area contributed by atoms with Gasteiger partial charge < -0.3 is 10.6 Å².